The molecule has 29 heavy (non-hydrogen) atoms. The van der Waals surface area contributed by atoms with Gasteiger partial charge in [-0.1, -0.05) is 29.8 Å². The van der Waals surface area contributed by atoms with Crippen LogP contribution in [0, 0.1) is 5.92 Å². The number of rotatable bonds is 9. The fraction of sp³-hybridized carbons (Fsp3) is 0.381. The molecule has 2 N–H and O–H groups in total. The van der Waals surface area contributed by atoms with E-state index in [1.54, 1.807) is 38.1 Å². The van der Waals surface area contributed by atoms with Crippen LogP contribution >= 0.6 is 15.9 Å². The Hall–Kier alpha value is -1.90. The zero-order chi connectivity index (χ0) is 21.6. The summed E-state index contributed by atoms with van der Waals surface area (Å²) >= 11 is 3.38. The van der Waals surface area contributed by atoms with Crippen LogP contribution in [0.3, 0.4) is 0 Å². The summed E-state index contributed by atoms with van der Waals surface area (Å²) in [6, 6.07) is 11.1. The Bertz CT molecular complexity index is 942. The van der Waals surface area contributed by atoms with Crippen molar-refractivity contribution in [2.45, 2.75) is 45.1 Å². The number of ether oxygens (including phenoxy) is 1. The summed E-state index contributed by atoms with van der Waals surface area (Å²) in [5.74, 6) is 0.677. The molecular formula is C21H27BrN2O4S. The third-order valence-electron chi connectivity index (χ3n) is 3.95. The molecule has 0 spiro atoms. The van der Waals surface area contributed by atoms with Crippen molar-refractivity contribution < 1.29 is 17.9 Å². The van der Waals surface area contributed by atoms with Gasteiger partial charge >= 0.3 is 0 Å². The Kier molecular flexibility index (Phi) is 8.24. The normalized spacial score (nSPS) is 11.7. The molecule has 8 heteroatoms. The van der Waals surface area contributed by atoms with E-state index in [0.717, 1.165) is 10.9 Å². The first-order chi connectivity index (χ1) is 13.6. The molecule has 158 valence electrons. The second-order valence-electron chi connectivity index (χ2n) is 7.43. The molecule has 6 nitrogen and oxygen atoms in total. The summed E-state index contributed by atoms with van der Waals surface area (Å²) < 4.78 is 33.5. The fourth-order valence-corrected chi connectivity index (χ4v) is 4.12. The van der Waals surface area contributed by atoms with Gasteiger partial charge in [0.25, 0.3) is 5.91 Å². The summed E-state index contributed by atoms with van der Waals surface area (Å²) in [6.45, 7) is 8.25. The summed E-state index contributed by atoms with van der Waals surface area (Å²) in [6.07, 6.45) is 0.886. The number of carbonyl (C=O) groups is 1. The van der Waals surface area contributed by atoms with Crippen LogP contribution in [0.5, 0.6) is 5.75 Å². The number of anilines is 1. The van der Waals surface area contributed by atoms with Gasteiger partial charge in [0.2, 0.25) is 10.0 Å². The fourth-order valence-electron chi connectivity index (χ4n) is 2.50. The molecule has 0 unspecified atom stereocenters. The molecule has 0 aliphatic carbocycles. The minimum atomic E-state index is -3.58. The molecule has 0 saturated heterocycles. The first kappa shape index (κ1) is 23.4. The predicted octanol–water partition coefficient (Wildman–Crippen LogP) is 4.81. The first-order valence-electron chi connectivity index (χ1n) is 9.44. The molecule has 1 amide bonds. The average Bonchev–Trinajstić information content (AvgIpc) is 2.62. The van der Waals surface area contributed by atoms with Gasteiger partial charge < -0.3 is 10.1 Å². The van der Waals surface area contributed by atoms with Crippen molar-refractivity contribution in [3.05, 3.63) is 52.5 Å². The van der Waals surface area contributed by atoms with Gasteiger partial charge in [-0.15, -0.1) is 0 Å². The van der Waals surface area contributed by atoms with Gasteiger partial charge in [0.05, 0.1) is 17.1 Å². The van der Waals surface area contributed by atoms with Crippen molar-refractivity contribution in [2.75, 3.05) is 11.9 Å². The van der Waals surface area contributed by atoms with Crippen molar-refractivity contribution in [3.63, 3.8) is 0 Å². The van der Waals surface area contributed by atoms with E-state index in [4.69, 9.17) is 4.74 Å². The SMILES string of the molecule is CC(C)CCOc1ccc(Br)cc1C(=O)Nc1ccc(S(=O)(=O)NC(C)C)cc1. The molecule has 0 aromatic heterocycles. The highest BCUT2D eigenvalue weighted by Crippen LogP contribution is 2.25. The van der Waals surface area contributed by atoms with E-state index in [1.165, 1.54) is 12.1 Å². The monoisotopic (exact) mass is 482 g/mol. The van der Waals surface area contributed by atoms with Gasteiger partial charge in [-0.3, -0.25) is 4.79 Å². The molecule has 2 rings (SSSR count). The van der Waals surface area contributed by atoms with Crippen molar-refractivity contribution in [2.24, 2.45) is 5.92 Å². The summed E-state index contributed by atoms with van der Waals surface area (Å²) in [7, 11) is -3.58. The van der Waals surface area contributed by atoms with Crippen LogP contribution < -0.4 is 14.8 Å². The maximum Gasteiger partial charge on any atom is 0.259 e. The third-order valence-corrected chi connectivity index (χ3v) is 6.12. The molecule has 0 bridgehead atoms. The van der Waals surface area contributed by atoms with Gasteiger partial charge in [-0.2, -0.15) is 0 Å². The number of nitrogens with one attached hydrogen (secondary N) is 2. The van der Waals surface area contributed by atoms with Crippen LogP contribution in [-0.4, -0.2) is 27.0 Å². The minimum absolute atomic E-state index is 0.143. The van der Waals surface area contributed by atoms with E-state index in [-0.39, 0.29) is 16.8 Å². The number of halogens is 1. The van der Waals surface area contributed by atoms with Gasteiger partial charge in [-0.05, 0) is 68.7 Å². The third kappa shape index (κ3) is 7.13. The lowest BCUT2D eigenvalue weighted by molar-refractivity contribution is 0.102. The molecule has 0 radical (unpaired) electrons. The Morgan fingerprint density at radius 1 is 1.07 bits per heavy atom. The maximum absolute atomic E-state index is 12.8. The molecule has 0 saturated carbocycles. The molecule has 0 aliphatic rings. The molecule has 0 fully saturated rings. The Morgan fingerprint density at radius 3 is 2.31 bits per heavy atom. The molecule has 2 aromatic carbocycles. The number of hydrogen-bond acceptors (Lipinski definition) is 4. The Balaban J connectivity index is 2.15. The van der Waals surface area contributed by atoms with Gasteiger partial charge in [-0.25, -0.2) is 13.1 Å². The topological polar surface area (TPSA) is 84.5 Å². The van der Waals surface area contributed by atoms with Crippen LogP contribution in [0.25, 0.3) is 0 Å². The van der Waals surface area contributed by atoms with Crippen LogP contribution in [0.4, 0.5) is 5.69 Å². The van der Waals surface area contributed by atoms with Crippen LogP contribution in [0.2, 0.25) is 0 Å². The second kappa shape index (κ2) is 10.2. The number of hydrogen-bond donors (Lipinski definition) is 2. The Morgan fingerprint density at radius 2 is 1.72 bits per heavy atom. The van der Waals surface area contributed by atoms with E-state index < -0.39 is 10.0 Å². The van der Waals surface area contributed by atoms with Crippen molar-refractivity contribution in [1.82, 2.24) is 4.72 Å². The van der Waals surface area contributed by atoms with E-state index in [2.05, 4.69) is 39.8 Å². The number of benzene rings is 2. The van der Waals surface area contributed by atoms with Gasteiger partial charge in [0, 0.05) is 16.2 Å². The number of amides is 1. The standard InChI is InChI=1S/C21H27BrN2O4S/c1-14(2)11-12-28-20-10-5-16(22)13-19(20)21(25)23-17-6-8-18(9-7-17)29(26,27)24-15(3)4/h5-10,13-15,24H,11-12H2,1-4H3,(H,23,25). The smallest absolute Gasteiger partial charge is 0.259 e. The molecule has 0 aliphatic heterocycles. The van der Waals surface area contributed by atoms with Crippen LogP contribution in [-0.2, 0) is 10.0 Å². The lowest BCUT2D eigenvalue weighted by atomic mass is 10.1. The summed E-state index contributed by atoms with van der Waals surface area (Å²) in [5, 5.41) is 2.79. The maximum atomic E-state index is 12.8. The highest BCUT2D eigenvalue weighted by Gasteiger charge is 2.17. The summed E-state index contributed by atoms with van der Waals surface area (Å²) in [5.41, 5.74) is 0.896. The van der Waals surface area contributed by atoms with Crippen molar-refractivity contribution in [3.8, 4) is 5.75 Å². The van der Waals surface area contributed by atoms with E-state index in [9.17, 15) is 13.2 Å². The number of sulfonamides is 1. The zero-order valence-corrected chi connectivity index (χ0v) is 19.4. The largest absolute Gasteiger partial charge is 0.493 e. The lowest BCUT2D eigenvalue weighted by Crippen LogP contribution is -2.30. The first-order valence-corrected chi connectivity index (χ1v) is 11.7. The van der Waals surface area contributed by atoms with E-state index in [0.29, 0.717) is 29.5 Å². The van der Waals surface area contributed by atoms with Crippen LogP contribution in [0.15, 0.2) is 51.8 Å². The lowest BCUT2D eigenvalue weighted by Gasteiger charge is -2.14. The molecule has 0 heterocycles. The zero-order valence-electron chi connectivity index (χ0n) is 17.0. The molecular weight excluding hydrogens is 456 g/mol. The van der Waals surface area contributed by atoms with E-state index in [1.807, 2.05) is 6.07 Å². The molecule has 0 atom stereocenters. The highest BCUT2D eigenvalue weighted by atomic mass is 79.9. The van der Waals surface area contributed by atoms with Crippen molar-refractivity contribution in [1.29, 1.82) is 0 Å². The van der Waals surface area contributed by atoms with E-state index >= 15 is 0 Å². The average molecular weight is 483 g/mol. The van der Waals surface area contributed by atoms with Gasteiger partial charge in [0.1, 0.15) is 5.75 Å². The van der Waals surface area contributed by atoms with Crippen LogP contribution in [0.1, 0.15) is 44.5 Å². The number of carbonyl (C=O) groups excluding carboxylic acids is 1. The quantitative estimate of drug-likeness (QED) is 0.536. The minimum Gasteiger partial charge on any atom is -0.493 e. The molecule has 2 aromatic rings. The van der Waals surface area contributed by atoms with Crippen molar-refractivity contribution >= 4 is 37.5 Å². The predicted molar refractivity (Wildman–Crippen MR) is 119 cm³/mol. The Labute approximate surface area is 181 Å². The van der Waals surface area contributed by atoms with Gasteiger partial charge in [0.15, 0.2) is 0 Å². The second-order valence-corrected chi connectivity index (χ2v) is 10.1. The summed E-state index contributed by atoms with van der Waals surface area (Å²) in [4.78, 5) is 12.9. The highest BCUT2D eigenvalue weighted by molar-refractivity contribution is 9.10.